The number of hydrogen-bond donors (Lipinski definition) is 1. The lowest BCUT2D eigenvalue weighted by atomic mass is 9.90. The molecular weight excluding hydrogens is 270 g/mol. The van der Waals surface area contributed by atoms with E-state index in [0.29, 0.717) is 36.1 Å². The molecule has 21 heavy (non-hydrogen) atoms. The quantitative estimate of drug-likeness (QED) is 0.836. The molecule has 1 saturated carbocycles. The third kappa shape index (κ3) is 3.67. The maximum absolute atomic E-state index is 12.8. The van der Waals surface area contributed by atoms with Crippen molar-refractivity contribution in [3.05, 3.63) is 23.8 Å². The average molecular weight is 293 g/mol. The zero-order valence-corrected chi connectivity index (χ0v) is 12.7. The van der Waals surface area contributed by atoms with Crippen molar-refractivity contribution >= 4 is 5.91 Å². The van der Waals surface area contributed by atoms with Crippen LogP contribution in [-0.2, 0) is 0 Å². The molecular formula is C16H23NO4. The van der Waals surface area contributed by atoms with E-state index >= 15 is 0 Å². The Kier molecular flexibility index (Phi) is 5.44. The van der Waals surface area contributed by atoms with Crippen molar-refractivity contribution in [2.45, 2.75) is 31.7 Å². The first-order valence-electron chi connectivity index (χ1n) is 7.34. The van der Waals surface area contributed by atoms with Gasteiger partial charge >= 0.3 is 0 Å². The highest BCUT2D eigenvalue weighted by molar-refractivity contribution is 5.95. The first-order chi connectivity index (χ1) is 10.2. The Hall–Kier alpha value is -1.75. The summed E-state index contributed by atoms with van der Waals surface area (Å²) in [7, 11) is 3.14. The third-order valence-corrected chi connectivity index (χ3v) is 3.93. The topological polar surface area (TPSA) is 59.0 Å². The molecule has 1 aromatic rings. The molecule has 0 spiro atoms. The van der Waals surface area contributed by atoms with Crippen molar-refractivity contribution in [3.63, 3.8) is 0 Å². The van der Waals surface area contributed by atoms with Crippen molar-refractivity contribution < 1.29 is 19.4 Å². The summed E-state index contributed by atoms with van der Waals surface area (Å²) < 4.78 is 10.4. The van der Waals surface area contributed by atoms with E-state index in [2.05, 4.69) is 0 Å². The molecule has 1 N–H and O–H groups in total. The van der Waals surface area contributed by atoms with Gasteiger partial charge in [0.15, 0.2) is 0 Å². The summed E-state index contributed by atoms with van der Waals surface area (Å²) >= 11 is 0. The van der Waals surface area contributed by atoms with Crippen LogP contribution in [0, 0.1) is 0 Å². The lowest BCUT2D eigenvalue weighted by Crippen LogP contribution is -2.45. The number of aliphatic hydroxyl groups excluding tert-OH is 1. The summed E-state index contributed by atoms with van der Waals surface area (Å²) in [6.45, 7) is 0.678. The number of ether oxygens (including phenoxy) is 2. The molecule has 0 radical (unpaired) electrons. The Labute approximate surface area is 125 Å². The largest absolute Gasteiger partial charge is 0.497 e. The van der Waals surface area contributed by atoms with Crippen LogP contribution < -0.4 is 9.47 Å². The molecule has 1 aliphatic carbocycles. The predicted molar refractivity (Wildman–Crippen MR) is 79.9 cm³/mol. The van der Waals surface area contributed by atoms with E-state index in [1.54, 1.807) is 32.4 Å². The van der Waals surface area contributed by atoms with Crippen LogP contribution in [0.15, 0.2) is 18.2 Å². The van der Waals surface area contributed by atoms with Crippen LogP contribution in [0.1, 0.15) is 36.0 Å². The molecule has 1 aliphatic rings. The predicted octanol–water partition coefficient (Wildman–Crippen LogP) is 2.08. The number of aliphatic hydroxyl groups is 1. The number of benzene rings is 1. The molecule has 0 aromatic heterocycles. The average Bonchev–Trinajstić information content (AvgIpc) is 2.48. The molecule has 0 saturated heterocycles. The normalized spacial score (nSPS) is 14.4. The molecule has 0 aliphatic heterocycles. The van der Waals surface area contributed by atoms with Gasteiger partial charge in [0.25, 0.3) is 5.91 Å². The fourth-order valence-electron chi connectivity index (χ4n) is 2.49. The van der Waals surface area contributed by atoms with Gasteiger partial charge in [0.05, 0.1) is 14.2 Å². The minimum atomic E-state index is -0.0228. The molecule has 1 fully saturated rings. The number of nitrogens with zero attached hydrogens (tertiary/aromatic N) is 1. The monoisotopic (exact) mass is 293 g/mol. The zero-order chi connectivity index (χ0) is 15.2. The van der Waals surface area contributed by atoms with Crippen LogP contribution in [0.3, 0.4) is 0 Å². The molecule has 116 valence electrons. The second kappa shape index (κ2) is 7.31. The van der Waals surface area contributed by atoms with Crippen LogP contribution in [0.25, 0.3) is 0 Å². The van der Waals surface area contributed by atoms with Crippen molar-refractivity contribution in [3.8, 4) is 11.5 Å². The van der Waals surface area contributed by atoms with Gasteiger partial charge in [-0.3, -0.25) is 4.79 Å². The van der Waals surface area contributed by atoms with Gasteiger partial charge in [0.2, 0.25) is 0 Å². The number of methoxy groups -OCH3 is 2. The van der Waals surface area contributed by atoms with E-state index in [1.165, 1.54) is 0 Å². The summed E-state index contributed by atoms with van der Waals surface area (Å²) in [5.74, 6) is 1.19. The van der Waals surface area contributed by atoms with E-state index in [4.69, 9.17) is 14.6 Å². The van der Waals surface area contributed by atoms with E-state index in [0.717, 1.165) is 19.3 Å². The first kappa shape index (κ1) is 15.6. The van der Waals surface area contributed by atoms with E-state index in [-0.39, 0.29) is 12.5 Å². The lowest BCUT2D eigenvalue weighted by molar-refractivity contribution is 0.0562. The minimum absolute atomic E-state index is 0.0228. The maximum atomic E-state index is 12.8. The second-order valence-electron chi connectivity index (χ2n) is 5.26. The maximum Gasteiger partial charge on any atom is 0.254 e. The van der Waals surface area contributed by atoms with Crippen LogP contribution in [-0.4, -0.2) is 49.3 Å². The number of carbonyl (C=O) groups excluding carboxylic acids is 1. The minimum Gasteiger partial charge on any atom is -0.497 e. The van der Waals surface area contributed by atoms with Gasteiger partial charge in [-0.05, 0) is 37.8 Å². The highest BCUT2D eigenvalue weighted by Crippen LogP contribution is 2.29. The lowest BCUT2D eigenvalue weighted by Gasteiger charge is -2.37. The van der Waals surface area contributed by atoms with Crippen molar-refractivity contribution in [1.82, 2.24) is 4.90 Å². The van der Waals surface area contributed by atoms with Crippen molar-refractivity contribution in [2.24, 2.45) is 0 Å². The highest BCUT2D eigenvalue weighted by atomic mass is 16.5. The first-order valence-corrected chi connectivity index (χ1v) is 7.34. The molecule has 1 amide bonds. The highest BCUT2D eigenvalue weighted by Gasteiger charge is 2.29. The van der Waals surface area contributed by atoms with Gasteiger partial charge in [-0.15, -0.1) is 0 Å². The van der Waals surface area contributed by atoms with Crippen LogP contribution >= 0.6 is 0 Å². The van der Waals surface area contributed by atoms with E-state index < -0.39 is 0 Å². The summed E-state index contributed by atoms with van der Waals surface area (Å²) in [5, 5.41) is 9.03. The fourth-order valence-corrected chi connectivity index (χ4v) is 2.49. The third-order valence-electron chi connectivity index (χ3n) is 3.93. The van der Waals surface area contributed by atoms with Crippen LogP contribution in [0.4, 0.5) is 0 Å². The number of amides is 1. The standard InChI is InChI=1S/C16H23NO4/c1-20-14-9-12(10-15(11-14)21-2)16(19)17(7-4-8-18)13-5-3-6-13/h9-11,13,18H,3-8H2,1-2H3. The molecule has 1 aromatic carbocycles. The smallest absolute Gasteiger partial charge is 0.254 e. The summed E-state index contributed by atoms with van der Waals surface area (Å²) in [5.41, 5.74) is 0.566. The molecule has 0 atom stereocenters. The number of hydrogen-bond acceptors (Lipinski definition) is 4. The molecule has 0 unspecified atom stereocenters. The molecule has 0 heterocycles. The second-order valence-corrected chi connectivity index (χ2v) is 5.26. The van der Waals surface area contributed by atoms with E-state index in [9.17, 15) is 4.79 Å². The fraction of sp³-hybridized carbons (Fsp3) is 0.562. The molecule has 5 nitrogen and oxygen atoms in total. The molecule has 0 bridgehead atoms. The zero-order valence-electron chi connectivity index (χ0n) is 12.7. The Morgan fingerprint density at radius 1 is 1.24 bits per heavy atom. The number of rotatable bonds is 7. The van der Waals surface area contributed by atoms with Crippen molar-refractivity contribution in [2.75, 3.05) is 27.4 Å². The Balaban J connectivity index is 2.22. The van der Waals surface area contributed by atoms with Crippen LogP contribution in [0.5, 0.6) is 11.5 Å². The Morgan fingerprint density at radius 3 is 2.29 bits per heavy atom. The number of carbonyl (C=O) groups is 1. The van der Waals surface area contributed by atoms with Gasteiger partial charge in [0.1, 0.15) is 11.5 Å². The van der Waals surface area contributed by atoms with Gasteiger partial charge in [-0.1, -0.05) is 0 Å². The Morgan fingerprint density at radius 2 is 1.86 bits per heavy atom. The van der Waals surface area contributed by atoms with Gasteiger partial charge < -0.3 is 19.5 Å². The van der Waals surface area contributed by atoms with Gasteiger partial charge in [0, 0.05) is 30.8 Å². The SMILES string of the molecule is COc1cc(OC)cc(C(=O)N(CCCO)C2CCC2)c1. The summed E-state index contributed by atoms with van der Waals surface area (Å²) in [4.78, 5) is 14.6. The Bertz CT molecular complexity index is 463. The summed E-state index contributed by atoms with van der Waals surface area (Å²) in [6.07, 6.45) is 3.84. The van der Waals surface area contributed by atoms with Crippen LogP contribution in [0.2, 0.25) is 0 Å². The van der Waals surface area contributed by atoms with Gasteiger partial charge in [-0.25, -0.2) is 0 Å². The van der Waals surface area contributed by atoms with E-state index in [1.807, 2.05) is 4.90 Å². The summed E-state index contributed by atoms with van der Waals surface area (Å²) in [6, 6.07) is 5.50. The molecule has 2 rings (SSSR count). The van der Waals surface area contributed by atoms with Gasteiger partial charge in [-0.2, -0.15) is 0 Å². The van der Waals surface area contributed by atoms with Crippen molar-refractivity contribution in [1.29, 1.82) is 0 Å². The molecule has 5 heteroatoms.